The van der Waals surface area contributed by atoms with Crippen LogP contribution in [0.5, 0.6) is 0 Å². The Morgan fingerprint density at radius 1 is 0.967 bits per heavy atom. The Kier molecular flexibility index (Phi) is 19.9. The van der Waals surface area contributed by atoms with E-state index < -0.39 is 23.8 Å². The van der Waals surface area contributed by atoms with Crippen LogP contribution in [-0.2, 0) is 14.4 Å². The number of hydrogen-bond acceptors (Lipinski definition) is 5. The van der Waals surface area contributed by atoms with Gasteiger partial charge in [0.1, 0.15) is 12.5 Å². The molecule has 0 aromatic heterocycles. The molecule has 0 aliphatic carbocycles. The van der Waals surface area contributed by atoms with Gasteiger partial charge in [0.25, 0.3) is 0 Å². The number of rotatable bonds is 18. The average molecular weight is 456 g/mol. The summed E-state index contributed by atoms with van der Waals surface area (Å²) in [7, 11) is 0. The molecule has 0 heterocycles. The SMILES string of the molecule is CCCCCCC(=O)NCC[N+](CCO)(CC(CC)C(=O)[O-])CC(CC)C(=O)O.[K+]. The number of unbranched alkanes of at least 4 members (excludes halogenated alkanes) is 3. The third kappa shape index (κ3) is 13.4. The number of aliphatic carboxylic acids is 2. The van der Waals surface area contributed by atoms with Crippen LogP contribution in [0.25, 0.3) is 0 Å². The quantitative estimate of drug-likeness (QED) is 0.122. The molecule has 3 atom stereocenters. The number of nitrogens with zero attached hydrogens (tertiary/aromatic N) is 1. The maximum absolute atomic E-state index is 12.1. The number of carboxylic acids is 2. The fourth-order valence-corrected chi connectivity index (χ4v) is 3.68. The monoisotopic (exact) mass is 455 g/mol. The molecule has 0 radical (unpaired) electrons. The van der Waals surface area contributed by atoms with Crippen LogP contribution in [0.1, 0.15) is 65.7 Å². The number of quaternary nitrogens is 1. The third-order valence-corrected chi connectivity index (χ3v) is 5.62. The van der Waals surface area contributed by atoms with Gasteiger partial charge < -0.3 is 29.9 Å². The third-order valence-electron chi connectivity index (χ3n) is 5.62. The summed E-state index contributed by atoms with van der Waals surface area (Å²) >= 11 is 0. The van der Waals surface area contributed by atoms with E-state index in [-0.39, 0.29) is 88.0 Å². The van der Waals surface area contributed by atoms with Crippen LogP contribution in [0, 0.1) is 11.8 Å². The molecule has 0 fully saturated rings. The smallest absolute Gasteiger partial charge is 0.550 e. The minimum Gasteiger partial charge on any atom is -0.550 e. The second kappa shape index (κ2) is 18.5. The molecule has 170 valence electrons. The number of carboxylic acid groups (broad SMARTS) is 2. The van der Waals surface area contributed by atoms with Crippen molar-refractivity contribution in [3.8, 4) is 0 Å². The van der Waals surface area contributed by atoms with Crippen LogP contribution in [-0.4, -0.2) is 71.9 Å². The van der Waals surface area contributed by atoms with Gasteiger partial charge in [-0.15, -0.1) is 0 Å². The van der Waals surface area contributed by atoms with Crippen LogP contribution in [0.4, 0.5) is 0 Å². The van der Waals surface area contributed by atoms with Crippen LogP contribution >= 0.6 is 0 Å². The van der Waals surface area contributed by atoms with Gasteiger partial charge in [0.2, 0.25) is 5.91 Å². The summed E-state index contributed by atoms with van der Waals surface area (Å²) in [5, 5.41) is 33.5. The first-order chi connectivity index (χ1) is 13.7. The van der Waals surface area contributed by atoms with Gasteiger partial charge >= 0.3 is 57.4 Å². The summed E-state index contributed by atoms with van der Waals surface area (Å²) in [5.74, 6) is -3.55. The summed E-state index contributed by atoms with van der Waals surface area (Å²) in [6.07, 6.45) is 5.25. The van der Waals surface area contributed by atoms with Crippen molar-refractivity contribution in [2.75, 3.05) is 39.3 Å². The largest absolute Gasteiger partial charge is 1.00 e. The van der Waals surface area contributed by atoms with E-state index in [1.165, 1.54) is 0 Å². The molecule has 1 amide bonds. The second-order valence-corrected chi connectivity index (χ2v) is 7.91. The predicted molar refractivity (Wildman–Crippen MR) is 109 cm³/mol. The number of nitrogens with one attached hydrogen (secondary N) is 1. The van der Waals surface area contributed by atoms with Gasteiger partial charge in [0.05, 0.1) is 38.8 Å². The molecule has 0 saturated carbocycles. The van der Waals surface area contributed by atoms with Crippen molar-refractivity contribution in [1.29, 1.82) is 0 Å². The van der Waals surface area contributed by atoms with Crippen molar-refractivity contribution in [3.05, 3.63) is 0 Å². The molecule has 3 unspecified atom stereocenters. The first-order valence-corrected chi connectivity index (χ1v) is 10.9. The van der Waals surface area contributed by atoms with Crippen LogP contribution in [0.15, 0.2) is 0 Å². The Bertz CT molecular complexity index is 480. The molecular weight excluding hydrogens is 415 g/mol. The maximum atomic E-state index is 12.1. The minimum absolute atomic E-state index is 0. The number of carbonyl (C=O) groups excluding carboxylic acids is 2. The van der Waals surface area contributed by atoms with E-state index in [9.17, 15) is 29.7 Å². The van der Waals surface area contributed by atoms with Crippen molar-refractivity contribution >= 4 is 17.8 Å². The topological polar surface area (TPSA) is 127 Å². The van der Waals surface area contributed by atoms with Crippen molar-refractivity contribution in [2.24, 2.45) is 11.8 Å². The Morgan fingerprint density at radius 3 is 2.03 bits per heavy atom. The van der Waals surface area contributed by atoms with Gasteiger partial charge in [0.15, 0.2) is 0 Å². The van der Waals surface area contributed by atoms with E-state index in [1.807, 2.05) is 0 Å². The molecule has 9 heteroatoms. The number of aliphatic hydroxyl groups is 1. The van der Waals surface area contributed by atoms with Crippen LogP contribution < -0.4 is 61.8 Å². The van der Waals surface area contributed by atoms with Gasteiger partial charge in [-0.25, -0.2) is 0 Å². The Morgan fingerprint density at radius 2 is 1.57 bits per heavy atom. The zero-order chi connectivity index (χ0) is 22.3. The zero-order valence-corrected chi connectivity index (χ0v) is 22.4. The summed E-state index contributed by atoms with van der Waals surface area (Å²) in [5.41, 5.74) is 0. The summed E-state index contributed by atoms with van der Waals surface area (Å²) in [6, 6.07) is 0. The van der Waals surface area contributed by atoms with Gasteiger partial charge in [0, 0.05) is 12.3 Å². The molecule has 0 aliphatic heterocycles. The van der Waals surface area contributed by atoms with Crippen LogP contribution in [0.3, 0.4) is 0 Å². The number of carbonyl (C=O) groups is 3. The standard InChI is InChI=1S/C21H40N2O6.K/c1-4-7-8-9-10-19(25)22-11-12-23(13-14-24,15-17(5-2)20(26)27)16-18(6-3)21(28)29;/h17-18,24H,4-16H2,1-3H3,(H2-,22,25,26,27,28,29);/q;+1. The van der Waals surface area contributed by atoms with Gasteiger partial charge in [-0.05, 0) is 19.3 Å². The van der Waals surface area contributed by atoms with E-state index in [2.05, 4.69) is 12.2 Å². The molecule has 0 aliphatic rings. The molecule has 3 N–H and O–H groups in total. The molecule has 0 aromatic rings. The van der Waals surface area contributed by atoms with E-state index in [1.54, 1.807) is 13.8 Å². The Labute approximate surface area is 223 Å². The van der Waals surface area contributed by atoms with Gasteiger partial charge in [-0.2, -0.15) is 0 Å². The van der Waals surface area contributed by atoms with Crippen LogP contribution in [0.2, 0.25) is 0 Å². The van der Waals surface area contributed by atoms with E-state index in [0.29, 0.717) is 32.4 Å². The van der Waals surface area contributed by atoms with Gasteiger partial charge in [-0.1, -0.05) is 40.0 Å². The predicted octanol–water partition coefficient (Wildman–Crippen LogP) is -2.23. The zero-order valence-electron chi connectivity index (χ0n) is 19.3. The number of hydrogen-bond donors (Lipinski definition) is 3. The van der Waals surface area contributed by atoms with Gasteiger partial charge in [-0.3, -0.25) is 9.59 Å². The summed E-state index contributed by atoms with van der Waals surface area (Å²) < 4.78 is 0.129. The molecule has 0 aromatic carbocycles. The molecule has 0 spiro atoms. The molecule has 8 nitrogen and oxygen atoms in total. The molecule has 0 rings (SSSR count). The Balaban J connectivity index is 0. The first-order valence-electron chi connectivity index (χ1n) is 10.9. The average Bonchev–Trinajstić information content (AvgIpc) is 2.67. The molecule has 0 saturated heterocycles. The molecule has 30 heavy (non-hydrogen) atoms. The first kappa shape index (κ1) is 32.1. The maximum Gasteiger partial charge on any atom is 1.00 e. The number of amides is 1. The fraction of sp³-hybridized carbons (Fsp3) is 0.857. The molecular formula is C21H40KN2O6+. The summed E-state index contributed by atoms with van der Waals surface area (Å²) in [4.78, 5) is 35.1. The van der Waals surface area contributed by atoms with Crippen molar-refractivity contribution < 1.29 is 85.6 Å². The van der Waals surface area contributed by atoms with E-state index in [4.69, 9.17) is 0 Å². The van der Waals surface area contributed by atoms with Crippen molar-refractivity contribution in [2.45, 2.75) is 65.7 Å². The number of aliphatic hydroxyl groups excluding tert-OH is 1. The normalized spacial score (nSPS) is 14.8. The van der Waals surface area contributed by atoms with Crippen molar-refractivity contribution in [3.63, 3.8) is 0 Å². The van der Waals surface area contributed by atoms with E-state index >= 15 is 0 Å². The second-order valence-electron chi connectivity index (χ2n) is 7.91. The van der Waals surface area contributed by atoms with E-state index in [0.717, 1.165) is 25.7 Å². The Hall–Kier alpha value is -0.0336. The molecule has 0 bridgehead atoms. The fourth-order valence-electron chi connectivity index (χ4n) is 3.68. The minimum atomic E-state index is -1.17. The van der Waals surface area contributed by atoms with Crippen molar-refractivity contribution in [1.82, 2.24) is 5.32 Å². The summed E-state index contributed by atoms with van der Waals surface area (Å²) in [6.45, 7) is 6.75.